The van der Waals surface area contributed by atoms with Gasteiger partial charge in [0, 0.05) is 25.3 Å². The molecule has 0 aliphatic heterocycles. The van der Waals surface area contributed by atoms with Gasteiger partial charge in [0.05, 0.1) is 6.10 Å². The number of amides is 1. The molecule has 0 fully saturated rings. The van der Waals surface area contributed by atoms with Gasteiger partial charge in [-0.15, -0.1) is 0 Å². The van der Waals surface area contributed by atoms with Crippen LogP contribution in [0.2, 0.25) is 0 Å². The first kappa shape index (κ1) is 16.6. The minimum atomic E-state index is -0.653. The standard InChI is InChI=1S/C15H21N3O3S/c1-10(2)15-17-14(21-18-15)5-3-4-13(20)16-8-12(19)11-6-7-22-9-11/h6-7,9-10,12,19H,3-5,8H2,1-2H3,(H,16,20). The van der Waals surface area contributed by atoms with E-state index in [2.05, 4.69) is 15.5 Å². The van der Waals surface area contributed by atoms with E-state index in [4.69, 9.17) is 4.52 Å². The Kier molecular flexibility index (Phi) is 6.09. The van der Waals surface area contributed by atoms with E-state index in [1.807, 2.05) is 30.7 Å². The highest BCUT2D eigenvalue weighted by atomic mass is 32.1. The number of carbonyl (C=O) groups excluding carboxylic acids is 1. The van der Waals surface area contributed by atoms with Crippen molar-refractivity contribution >= 4 is 17.2 Å². The fraction of sp³-hybridized carbons (Fsp3) is 0.533. The van der Waals surface area contributed by atoms with Crippen LogP contribution in [0.15, 0.2) is 21.3 Å². The Bertz CT molecular complexity index is 581. The summed E-state index contributed by atoms with van der Waals surface area (Å²) in [5, 5.41) is 20.3. The zero-order chi connectivity index (χ0) is 15.9. The molecule has 1 unspecified atom stereocenters. The van der Waals surface area contributed by atoms with Crippen LogP contribution >= 0.6 is 11.3 Å². The zero-order valence-corrected chi connectivity index (χ0v) is 13.6. The molecule has 0 bridgehead atoms. The van der Waals surface area contributed by atoms with Crippen molar-refractivity contribution in [3.8, 4) is 0 Å². The molecule has 120 valence electrons. The van der Waals surface area contributed by atoms with Gasteiger partial charge in [0.25, 0.3) is 0 Å². The number of hydrogen-bond donors (Lipinski definition) is 2. The maximum Gasteiger partial charge on any atom is 0.226 e. The molecule has 2 aromatic rings. The zero-order valence-electron chi connectivity index (χ0n) is 12.8. The summed E-state index contributed by atoms with van der Waals surface area (Å²) >= 11 is 1.52. The SMILES string of the molecule is CC(C)c1noc(CCCC(=O)NCC(O)c2ccsc2)n1. The van der Waals surface area contributed by atoms with Gasteiger partial charge < -0.3 is 14.9 Å². The molecule has 0 saturated heterocycles. The summed E-state index contributed by atoms with van der Waals surface area (Å²) in [5.74, 6) is 1.41. The van der Waals surface area contributed by atoms with Crippen LogP contribution in [0.5, 0.6) is 0 Å². The molecule has 1 amide bonds. The van der Waals surface area contributed by atoms with Crippen LogP contribution in [0.1, 0.15) is 56.0 Å². The van der Waals surface area contributed by atoms with Crippen molar-refractivity contribution in [3.05, 3.63) is 34.1 Å². The van der Waals surface area contributed by atoms with E-state index < -0.39 is 6.10 Å². The number of carbonyl (C=O) groups is 1. The van der Waals surface area contributed by atoms with Crippen LogP contribution in [0.25, 0.3) is 0 Å². The van der Waals surface area contributed by atoms with Crippen LogP contribution in [-0.4, -0.2) is 27.7 Å². The molecule has 0 aromatic carbocycles. The Balaban J connectivity index is 1.65. The van der Waals surface area contributed by atoms with Crippen molar-refractivity contribution < 1.29 is 14.4 Å². The average molecular weight is 323 g/mol. The Morgan fingerprint density at radius 1 is 1.50 bits per heavy atom. The van der Waals surface area contributed by atoms with Gasteiger partial charge in [0.1, 0.15) is 0 Å². The van der Waals surface area contributed by atoms with E-state index in [1.165, 1.54) is 11.3 Å². The molecular weight excluding hydrogens is 302 g/mol. The van der Waals surface area contributed by atoms with Gasteiger partial charge in [-0.2, -0.15) is 16.3 Å². The van der Waals surface area contributed by atoms with Crippen molar-refractivity contribution in [2.45, 2.75) is 45.1 Å². The lowest BCUT2D eigenvalue weighted by molar-refractivity contribution is -0.121. The fourth-order valence-electron chi connectivity index (χ4n) is 1.89. The molecule has 2 N–H and O–H groups in total. The second-order valence-electron chi connectivity index (χ2n) is 5.43. The van der Waals surface area contributed by atoms with Gasteiger partial charge in [-0.3, -0.25) is 4.79 Å². The molecule has 0 saturated carbocycles. The Hall–Kier alpha value is -1.73. The van der Waals surface area contributed by atoms with Crippen molar-refractivity contribution in [2.75, 3.05) is 6.54 Å². The van der Waals surface area contributed by atoms with Crippen LogP contribution in [-0.2, 0) is 11.2 Å². The van der Waals surface area contributed by atoms with Gasteiger partial charge >= 0.3 is 0 Å². The molecule has 2 rings (SSSR count). The molecule has 2 aromatic heterocycles. The topological polar surface area (TPSA) is 88.2 Å². The molecule has 2 heterocycles. The number of aliphatic hydroxyl groups excluding tert-OH is 1. The third-order valence-corrected chi connectivity index (χ3v) is 3.92. The third kappa shape index (κ3) is 4.92. The largest absolute Gasteiger partial charge is 0.387 e. The molecule has 7 heteroatoms. The minimum absolute atomic E-state index is 0.0853. The third-order valence-electron chi connectivity index (χ3n) is 3.22. The molecule has 0 aliphatic rings. The number of rotatable bonds is 8. The Morgan fingerprint density at radius 3 is 2.95 bits per heavy atom. The predicted molar refractivity (Wildman–Crippen MR) is 83.6 cm³/mol. The second-order valence-corrected chi connectivity index (χ2v) is 6.21. The summed E-state index contributed by atoms with van der Waals surface area (Å²) in [6.07, 6.45) is 0.940. The highest BCUT2D eigenvalue weighted by Crippen LogP contribution is 2.15. The van der Waals surface area contributed by atoms with Gasteiger partial charge in [0.15, 0.2) is 5.82 Å². The van der Waals surface area contributed by atoms with Gasteiger partial charge in [-0.25, -0.2) is 0 Å². The van der Waals surface area contributed by atoms with Gasteiger partial charge in [-0.05, 0) is 28.8 Å². The lowest BCUT2D eigenvalue weighted by atomic mass is 10.2. The normalized spacial score (nSPS) is 12.5. The summed E-state index contributed by atoms with van der Waals surface area (Å²) in [4.78, 5) is 16.0. The van der Waals surface area contributed by atoms with Crippen LogP contribution in [0.3, 0.4) is 0 Å². The maximum absolute atomic E-state index is 11.7. The van der Waals surface area contributed by atoms with Crippen molar-refractivity contribution in [1.82, 2.24) is 15.5 Å². The van der Waals surface area contributed by atoms with E-state index in [0.717, 1.165) is 5.56 Å². The molecule has 6 nitrogen and oxygen atoms in total. The number of hydrogen-bond acceptors (Lipinski definition) is 6. The lowest BCUT2D eigenvalue weighted by Crippen LogP contribution is -2.28. The first-order chi connectivity index (χ1) is 10.6. The van der Waals surface area contributed by atoms with Crippen molar-refractivity contribution in [2.24, 2.45) is 0 Å². The minimum Gasteiger partial charge on any atom is -0.387 e. The smallest absolute Gasteiger partial charge is 0.226 e. The molecule has 1 atom stereocenters. The molecule has 0 spiro atoms. The highest BCUT2D eigenvalue weighted by Gasteiger charge is 2.12. The summed E-state index contributed by atoms with van der Waals surface area (Å²) in [7, 11) is 0. The maximum atomic E-state index is 11.7. The predicted octanol–water partition coefficient (Wildman–Crippen LogP) is 2.43. The molecule has 0 radical (unpaired) electrons. The van der Waals surface area contributed by atoms with E-state index in [-0.39, 0.29) is 18.4 Å². The van der Waals surface area contributed by atoms with Crippen LogP contribution in [0, 0.1) is 0 Å². The average Bonchev–Trinajstić information content (AvgIpc) is 3.16. The van der Waals surface area contributed by atoms with E-state index in [0.29, 0.717) is 31.0 Å². The summed E-state index contributed by atoms with van der Waals surface area (Å²) < 4.78 is 5.12. The summed E-state index contributed by atoms with van der Waals surface area (Å²) in [5.41, 5.74) is 0.831. The highest BCUT2D eigenvalue weighted by molar-refractivity contribution is 7.07. The fourth-order valence-corrected chi connectivity index (χ4v) is 2.59. The lowest BCUT2D eigenvalue weighted by Gasteiger charge is -2.10. The number of aryl methyl sites for hydroxylation is 1. The number of nitrogens with zero attached hydrogens (tertiary/aromatic N) is 2. The molecule has 0 aliphatic carbocycles. The van der Waals surface area contributed by atoms with Crippen LogP contribution in [0.4, 0.5) is 0 Å². The van der Waals surface area contributed by atoms with Crippen molar-refractivity contribution in [1.29, 1.82) is 0 Å². The quantitative estimate of drug-likeness (QED) is 0.779. The number of aliphatic hydroxyl groups is 1. The monoisotopic (exact) mass is 323 g/mol. The summed E-state index contributed by atoms with van der Waals surface area (Å²) in [6, 6.07) is 1.85. The Morgan fingerprint density at radius 2 is 2.32 bits per heavy atom. The van der Waals surface area contributed by atoms with Crippen LogP contribution < -0.4 is 5.32 Å². The first-order valence-corrected chi connectivity index (χ1v) is 8.30. The molecule has 22 heavy (non-hydrogen) atoms. The number of nitrogens with one attached hydrogen (secondary N) is 1. The van der Waals surface area contributed by atoms with E-state index >= 15 is 0 Å². The second kappa shape index (κ2) is 8.05. The molecular formula is C15H21N3O3S. The van der Waals surface area contributed by atoms with Gasteiger partial charge in [0.2, 0.25) is 11.8 Å². The van der Waals surface area contributed by atoms with Crippen molar-refractivity contribution in [3.63, 3.8) is 0 Å². The Labute approximate surface area is 133 Å². The van der Waals surface area contributed by atoms with Gasteiger partial charge in [-0.1, -0.05) is 19.0 Å². The number of aromatic nitrogens is 2. The number of thiophene rings is 1. The first-order valence-electron chi connectivity index (χ1n) is 7.35. The summed E-state index contributed by atoms with van der Waals surface area (Å²) in [6.45, 7) is 4.23. The van der Waals surface area contributed by atoms with E-state index in [9.17, 15) is 9.90 Å². The van der Waals surface area contributed by atoms with E-state index in [1.54, 1.807) is 0 Å².